The number of ether oxygens (including phenoxy) is 2. The summed E-state index contributed by atoms with van der Waals surface area (Å²) in [6, 6.07) is 0. The number of cyclic esters (lactones) is 1. The first-order chi connectivity index (χ1) is 6.29. The van der Waals surface area contributed by atoms with Crippen molar-refractivity contribution in [3.05, 3.63) is 0 Å². The van der Waals surface area contributed by atoms with Crippen molar-refractivity contribution in [3.8, 4) is 0 Å². The lowest BCUT2D eigenvalue weighted by Gasteiger charge is -2.40. The Morgan fingerprint density at radius 2 is 2.07 bits per heavy atom. The third kappa shape index (κ3) is 2.08. The Balaban J connectivity index is 2.69. The molecular weight excluding hydrogens is 180 g/mol. The zero-order valence-electron chi connectivity index (χ0n) is 9.72. The van der Waals surface area contributed by atoms with Crippen molar-refractivity contribution >= 4 is 5.97 Å². The van der Waals surface area contributed by atoms with E-state index in [1.54, 1.807) is 0 Å². The minimum absolute atomic E-state index is 0.133. The van der Waals surface area contributed by atoms with E-state index in [2.05, 4.69) is 0 Å². The number of carbonyl (C=O) groups excluding carboxylic acids is 1. The van der Waals surface area contributed by atoms with Crippen molar-refractivity contribution in [2.24, 2.45) is 10.8 Å². The molecule has 0 aliphatic carbocycles. The first-order valence-corrected chi connectivity index (χ1v) is 5.12. The Labute approximate surface area is 85.8 Å². The summed E-state index contributed by atoms with van der Waals surface area (Å²) in [5.74, 6) is -0.133. The molecule has 0 radical (unpaired) electrons. The highest BCUT2D eigenvalue weighted by Crippen LogP contribution is 2.34. The quantitative estimate of drug-likeness (QED) is 0.609. The van der Waals surface area contributed by atoms with Gasteiger partial charge in [0.25, 0.3) is 0 Å². The van der Waals surface area contributed by atoms with Gasteiger partial charge in [-0.25, -0.2) is 0 Å². The zero-order valence-corrected chi connectivity index (χ0v) is 9.72. The van der Waals surface area contributed by atoms with Gasteiger partial charge in [0.05, 0.1) is 12.0 Å². The minimum Gasteiger partial charge on any atom is -0.435 e. The van der Waals surface area contributed by atoms with Crippen molar-refractivity contribution in [2.45, 2.75) is 47.3 Å². The van der Waals surface area contributed by atoms with Crippen molar-refractivity contribution in [2.75, 3.05) is 6.61 Å². The summed E-state index contributed by atoms with van der Waals surface area (Å²) in [6.45, 7) is 10.3. The molecule has 0 bridgehead atoms. The van der Waals surface area contributed by atoms with Gasteiger partial charge in [-0.05, 0) is 13.3 Å². The summed E-state index contributed by atoms with van der Waals surface area (Å²) in [5, 5.41) is 0. The summed E-state index contributed by atoms with van der Waals surface area (Å²) < 4.78 is 10.9. The lowest BCUT2D eigenvalue weighted by Crippen LogP contribution is -2.48. The molecular formula is C11H20O3. The van der Waals surface area contributed by atoms with E-state index < -0.39 is 11.7 Å². The number of esters is 1. The number of rotatable bonds is 1. The molecule has 0 spiro atoms. The lowest BCUT2D eigenvalue weighted by molar-refractivity contribution is -0.248. The van der Waals surface area contributed by atoms with Crippen LogP contribution in [0.15, 0.2) is 0 Å². The first kappa shape index (κ1) is 11.5. The van der Waals surface area contributed by atoms with E-state index in [-0.39, 0.29) is 11.4 Å². The second-order valence-electron chi connectivity index (χ2n) is 5.33. The topological polar surface area (TPSA) is 35.5 Å². The molecule has 1 heterocycles. The normalized spacial score (nSPS) is 34.1. The average molecular weight is 200 g/mol. The molecule has 1 aliphatic heterocycles. The van der Waals surface area contributed by atoms with E-state index >= 15 is 0 Å². The van der Waals surface area contributed by atoms with E-state index in [1.807, 2.05) is 34.6 Å². The molecule has 0 saturated carbocycles. The second-order valence-corrected chi connectivity index (χ2v) is 5.33. The largest absolute Gasteiger partial charge is 0.435 e. The Kier molecular flexibility index (Phi) is 2.91. The maximum absolute atomic E-state index is 11.7. The molecule has 2 atom stereocenters. The van der Waals surface area contributed by atoms with Crippen molar-refractivity contribution in [1.82, 2.24) is 0 Å². The number of hydrogen-bond acceptors (Lipinski definition) is 3. The van der Waals surface area contributed by atoms with Crippen LogP contribution in [0.1, 0.15) is 41.0 Å². The van der Waals surface area contributed by atoms with Crippen LogP contribution < -0.4 is 0 Å². The fourth-order valence-corrected chi connectivity index (χ4v) is 1.27. The Morgan fingerprint density at radius 1 is 1.50 bits per heavy atom. The summed E-state index contributed by atoms with van der Waals surface area (Å²) in [4.78, 5) is 11.7. The van der Waals surface area contributed by atoms with Crippen LogP contribution in [0.5, 0.6) is 0 Å². The molecule has 0 aromatic rings. The molecule has 1 rings (SSSR count). The third-order valence-electron chi connectivity index (χ3n) is 2.75. The van der Waals surface area contributed by atoms with Gasteiger partial charge in [-0.15, -0.1) is 0 Å². The molecule has 0 aromatic carbocycles. The van der Waals surface area contributed by atoms with Gasteiger partial charge >= 0.3 is 5.97 Å². The summed E-state index contributed by atoms with van der Waals surface area (Å²) in [5.41, 5.74) is -0.605. The van der Waals surface area contributed by atoms with Gasteiger partial charge in [0.15, 0.2) is 0 Å². The molecule has 3 nitrogen and oxygen atoms in total. The van der Waals surface area contributed by atoms with Crippen LogP contribution in [0.2, 0.25) is 0 Å². The lowest BCUT2D eigenvalue weighted by atomic mass is 9.86. The Bertz CT molecular complexity index is 229. The first-order valence-electron chi connectivity index (χ1n) is 5.12. The van der Waals surface area contributed by atoms with Crippen LogP contribution in [0.4, 0.5) is 0 Å². The van der Waals surface area contributed by atoms with Crippen LogP contribution in [0.3, 0.4) is 0 Å². The number of carbonyl (C=O) groups is 1. The fourth-order valence-electron chi connectivity index (χ4n) is 1.27. The molecule has 2 unspecified atom stereocenters. The average Bonchev–Trinajstić information content (AvgIpc) is 2.08. The third-order valence-corrected chi connectivity index (χ3v) is 2.75. The van der Waals surface area contributed by atoms with Crippen LogP contribution in [0, 0.1) is 10.8 Å². The van der Waals surface area contributed by atoms with Gasteiger partial charge in [0, 0.05) is 5.41 Å². The van der Waals surface area contributed by atoms with E-state index in [1.165, 1.54) is 0 Å². The molecule has 0 N–H and O–H groups in total. The predicted molar refractivity (Wildman–Crippen MR) is 53.7 cm³/mol. The summed E-state index contributed by atoms with van der Waals surface area (Å²) >= 11 is 0. The molecule has 0 amide bonds. The van der Waals surface area contributed by atoms with Gasteiger partial charge in [-0.3, -0.25) is 4.79 Å². The standard InChI is InChI=1S/C11H20O3/c1-6-11(5)7-13-9(10(2,3)4)14-8(11)12/h9H,6-7H2,1-5H3. The maximum Gasteiger partial charge on any atom is 0.316 e. The van der Waals surface area contributed by atoms with Gasteiger partial charge < -0.3 is 9.47 Å². The highest BCUT2D eigenvalue weighted by molar-refractivity contribution is 5.77. The highest BCUT2D eigenvalue weighted by Gasteiger charge is 2.43. The molecule has 1 saturated heterocycles. The smallest absolute Gasteiger partial charge is 0.316 e. The molecule has 1 aliphatic rings. The van der Waals surface area contributed by atoms with E-state index in [9.17, 15) is 4.79 Å². The van der Waals surface area contributed by atoms with Gasteiger partial charge in [0.2, 0.25) is 6.29 Å². The van der Waals surface area contributed by atoms with Crippen LogP contribution in [0.25, 0.3) is 0 Å². The van der Waals surface area contributed by atoms with E-state index in [0.717, 1.165) is 6.42 Å². The van der Waals surface area contributed by atoms with Gasteiger partial charge in [-0.1, -0.05) is 27.7 Å². The predicted octanol–water partition coefficient (Wildman–Crippen LogP) is 2.35. The van der Waals surface area contributed by atoms with Crippen molar-refractivity contribution in [3.63, 3.8) is 0 Å². The van der Waals surface area contributed by atoms with E-state index in [4.69, 9.17) is 9.47 Å². The van der Waals surface area contributed by atoms with Crippen LogP contribution in [-0.4, -0.2) is 18.9 Å². The Morgan fingerprint density at radius 3 is 2.43 bits per heavy atom. The molecule has 82 valence electrons. The Hall–Kier alpha value is -0.570. The maximum atomic E-state index is 11.7. The summed E-state index contributed by atoms with van der Waals surface area (Å²) in [6.07, 6.45) is 0.345. The SMILES string of the molecule is CCC1(C)COC(C(C)(C)C)OC1=O. The molecule has 3 heteroatoms. The summed E-state index contributed by atoms with van der Waals surface area (Å²) in [7, 11) is 0. The number of hydrogen-bond donors (Lipinski definition) is 0. The second kappa shape index (κ2) is 3.54. The molecule has 14 heavy (non-hydrogen) atoms. The van der Waals surface area contributed by atoms with Gasteiger partial charge in [-0.2, -0.15) is 0 Å². The minimum atomic E-state index is -0.457. The van der Waals surface area contributed by atoms with Gasteiger partial charge in [0.1, 0.15) is 0 Å². The van der Waals surface area contributed by atoms with Crippen LogP contribution >= 0.6 is 0 Å². The van der Waals surface area contributed by atoms with Crippen molar-refractivity contribution < 1.29 is 14.3 Å². The molecule has 1 fully saturated rings. The zero-order chi connectivity index (χ0) is 11.0. The molecule has 0 aromatic heterocycles. The monoisotopic (exact) mass is 200 g/mol. The van der Waals surface area contributed by atoms with Crippen LogP contribution in [-0.2, 0) is 14.3 Å². The van der Waals surface area contributed by atoms with E-state index in [0.29, 0.717) is 6.61 Å². The fraction of sp³-hybridized carbons (Fsp3) is 0.909. The highest BCUT2D eigenvalue weighted by atomic mass is 16.7. The van der Waals surface area contributed by atoms with Crippen molar-refractivity contribution in [1.29, 1.82) is 0 Å².